The van der Waals surface area contributed by atoms with Gasteiger partial charge in [-0.1, -0.05) is 20.8 Å². The van der Waals surface area contributed by atoms with Gasteiger partial charge in [-0.05, 0) is 35.7 Å². The minimum absolute atomic E-state index is 0.00545. The van der Waals surface area contributed by atoms with Crippen LogP contribution in [-0.4, -0.2) is 16.5 Å². The van der Waals surface area contributed by atoms with E-state index in [0.29, 0.717) is 5.92 Å². The fraction of sp³-hybridized carbons (Fsp3) is 0.692. The molecule has 4 heteroatoms. The third kappa shape index (κ3) is 2.79. The lowest BCUT2D eigenvalue weighted by molar-refractivity contribution is 0.541. The van der Waals surface area contributed by atoms with E-state index in [1.807, 2.05) is 0 Å². The van der Waals surface area contributed by atoms with E-state index in [1.54, 1.807) is 0 Å². The van der Waals surface area contributed by atoms with Crippen molar-refractivity contribution in [2.24, 2.45) is 0 Å². The van der Waals surface area contributed by atoms with Crippen LogP contribution in [0.25, 0.3) is 0 Å². The smallest absolute Gasteiger partial charge is 0.144 e. The van der Waals surface area contributed by atoms with Crippen molar-refractivity contribution in [1.29, 1.82) is 0 Å². The average molecular weight is 298 g/mol. The van der Waals surface area contributed by atoms with Crippen LogP contribution in [0.1, 0.15) is 58.0 Å². The lowest BCUT2D eigenvalue weighted by Crippen LogP contribution is -2.19. The molecule has 17 heavy (non-hydrogen) atoms. The summed E-state index contributed by atoms with van der Waals surface area (Å²) < 4.78 is 1.05. The molecule has 1 aromatic rings. The van der Waals surface area contributed by atoms with Crippen molar-refractivity contribution in [3.8, 4) is 0 Å². The van der Waals surface area contributed by atoms with Crippen LogP contribution in [0, 0.1) is 0 Å². The van der Waals surface area contributed by atoms with Crippen molar-refractivity contribution in [3.05, 3.63) is 16.0 Å². The predicted molar refractivity (Wildman–Crippen MR) is 74.6 cm³/mol. The van der Waals surface area contributed by atoms with Gasteiger partial charge in [-0.2, -0.15) is 0 Å². The van der Waals surface area contributed by atoms with Crippen LogP contribution in [0.15, 0.2) is 4.47 Å². The molecule has 1 aliphatic rings. The third-order valence-corrected chi connectivity index (χ3v) is 3.64. The van der Waals surface area contributed by atoms with Crippen molar-refractivity contribution in [2.75, 3.05) is 11.9 Å². The average Bonchev–Trinajstić information content (AvgIpc) is 3.03. The summed E-state index contributed by atoms with van der Waals surface area (Å²) in [6.07, 6.45) is 2.51. The molecule has 0 atom stereocenters. The van der Waals surface area contributed by atoms with E-state index in [0.717, 1.165) is 22.7 Å². The normalized spacial score (nSPS) is 16.1. The highest BCUT2D eigenvalue weighted by Crippen LogP contribution is 2.44. The third-order valence-electron chi connectivity index (χ3n) is 2.86. The molecule has 1 saturated carbocycles. The summed E-state index contributed by atoms with van der Waals surface area (Å²) in [5.41, 5.74) is 1.18. The Labute approximate surface area is 112 Å². The molecule has 3 nitrogen and oxygen atoms in total. The van der Waals surface area contributed by atoms with Gasteiger partial charge in [-0.3, -0.25) is 0 Å². The molecule has 0 amide bonds. The van der Waals surface area contributed by atoms with Gasteiger partial charge >= 0.3 is 0 Å². The monoisotopic (exact) mass is 297 g/mol. The van der Waals surface area contributed by atoms with Crippen molar-refractivity contribution >= 4 is 21.7 Å². The van der Waals surface area contributed by atoms with Crippen molar-refractivity contribution in [1.82, 2.24) is 9.97 Å². The predicted octanol–water partition coefficient (Wildman–Crippen LogP) is 3.85. The zero-order valence-corrected chi connectivity index (χ0v) is 12.6. The number of rotatable bonds is 3. The van der Waals surface area contributed by atoms with E-state index >= 15 is 0 Å². The molecular weight excluding hydrogens is 278 g/mol. The van der Waals surface area contributed by atoms with Gasteiger partial charge < -0.3 is 5.32 Å². The number of nitrogens with zero attached hydrogens (tertiary/aromatic N) is 2. The second-order valence-corrected chi connectivity index (χ2v) is 6.44. The zero-order valence-electron chi connectivity index (χ0n) is 11.0. The van der Waals surface area contributed by atoms with Gasteiger partial charge in [0.05, 0.1) is 10.2 Å². The molecule has 0 spiro atoms. The summed E-state index contributed by atoms with van der Waals surface area (Å²) in [5.74, 6) is 2.50. The van der Waals surface area contributed by atoms with Gasteiger partial charge in [0.15, 0.2) is 0 Å². The van der Waals surface area contributed by atoms with Gasteiger partial charge in [0.1, 0.15) is 11.6 Å². The number of aromatic nitrogens is 2. The first-order valence-electron chi connectivity index (χ1n) is 6.25. The van der Waals surface area contributed by atoms with Crippen LogP contribution in [0.2, 0.25) is 0 Å². The van der Waals surface area contributed by atoms with Gasteiger partial charge in [0.25, 0.3) is 0 Å². The summed E-state index contributed by atoms with van der Waals surface area (Å²) in [6, 6.07) is 0. The van der Waals surface area contributed by atoms with E-state index in [2.05, 4.69) is 53.9 Å². The summed E-state index contributed by atoms with van der Waals surface area (Å²) in [5, 5.41) is 3.31. The molecule has 0 unspecified atom stereocenters. The molecule has 1 heterocycles. The Kier molecular flexibility index (Phi) is 3.43. The van der Waals surface area contributed by atoms with Crippen LogP contribution >= 0.6 is 15.9 Å². The van der Waals surface area contributed by atoms with Crippen LogP contribution < -0.4 is 5.32 Å². The molecule has 2 rings (SSSR count). The highest BCUT2D eigenvalue weighted by Gasteiger charge is 2.31. The van der Waals surface area contributed by atoms with E-state index < -0.39 is 0 Å². The molecule has 0 aliphatic heterocycles. The van der Waals surface area contributed by atoms with Crippen LogP contribution in [0.3, 0.4) is 0 Å². The number of nitrogens with one attached hydrogen (secondary N) is 1. The topological polar surface area (TPSA) is 37.8 Å². The Hall–Kier alpha value is -0.640. The fourth-order valence-corrected chi connectivity index (χ4v) is 2.35. The number of hydrogen-bond acceptors (Lipinski definition) is 3. The molecule has 1 fully saturated rings. The highest BCUT2D eigenvalue weighted by molar-refractivity contribution is 9.10. The maximum atomic E-state index is 4.75. The molecule has 0 radical (unpaired) electrons. The van der Waals surface area contributed by atoms with E-state index in [9.17, 15) is 0 Å². The summed E-state index contributed by atoms with van der Waals surface area (Å²) in [6.45, 7) is 9.43. The Balaban J connectivity index is 2.48. The minimum atomic E-state index is -0.00545. The second kappa shape index (κ2) is 4.56. The van der Waals surface area contributed by atoms with Crippen LogP contribution in [0.4, 0.5) is 5.82 Å². The number of halogens is 1. The van der Waals surface area contributed by atoms with Crippen molar-refractivity contribution in [2.45, 2.75) is 51.9 Å². The zero-order chi connectivity index (χ0) is 12.6. The lowest BCUT2D eigenvalue weighted by atomic mass is 9.95. The first-order valence-corrected chi connectivity index (χ1v) is 7.04. The standard InChI is InChI=1S/C13H20BrN3/c1-5-15-11-9(14)10(8-6-7-8)16-12(17-11)13(2,3)4/h8H,5-7H2,1-4H3,(H,15,16,17). The molecule has 1 aromatic heterocycles. The largest absolute Gasteiger partial charge is 0.369 e. The number of anilines is 1. The first kappa shape index (κ1) is 12.8. The Morgan fingerprint density at radius 3 is 2.41 bits per heavy atom. The van der Waals surface area contributed by atoms with E-state index in [1.165, 1.54) is 18.5 Å². The Morgan fingerprint density at radius 2 is 1.94 bits per heavy atom. The first-order chi connectivity index (χ1) is 7.93. The van der Waals surface area contributed by atoms with Gasteiger partial charge in [-0.15, -0.1) is 0 Å². The van der Waals surface area contributed by atoms with Gasteiger partial charge in [0, 0.05) is 17.9 Å². The Bertz CT molecular complexity index is 419. The molecular formula is C13H20BrN3. The second-order valence-electron chi connectivity index (χ2n) is 5.65. The summed E-state index contributed by atoms with van der Waals surface area (Å²) in [7, 11) is 0. The van der Waals surface area contributed by atoms with Crippen LogP contribution in [0.5, 0.6) is 0 Å². The lowest BCUT2D eigenvalue weighted by Gasteiger charge is -2.20. The SMILES string of the molecule is CCNc1nc(C(C)(C)C)nc(C2CC2)c1Br. The summed E-state index contributed by atoms with van der Waals surface area (Å²) in [4.78, 5) is 9.39. The maximum absolute atomic E-state index is 4.75. The fourth-order valence-electron chi connectivity index (χ4n) is 1.71. The van der Waals surface area contributed by atoms with Gasteiger partial charge in [-0.25, -0.2) is 9.97 Å². The molecule has 0 saturated heterocycles. The number of hydrogen-bond donors (Lipinski definition) is 1. The summed E-state index contributed by atoms with van der Waals surface area (Å²) >= 11 is 3.64. The maximum Gasteiger partial charge on any atom is 0.144 e. The molecule has 1 aliphatic carbocycles. The molecule has 94 valence electrons. The van der Waals surface area contributed by atoms with Crippen molar-refractivity contribution < 1.29 is 0 Å². The highest BCUT2D eigenvalue weighted by atomic mass is 79.9. The molecule has 0 bridgehead atoms. The molecule has 1 N–H and O–H groups in total. The van der Waals surface area contributed by atoms with E-state index in [4.69, 9.17) is 4.98 Å². The van der Waals surface area contributed by atoms with Crippen LogP contribution in [-0.2, 0) is 5.41 Å². The van der Waals surface area contributed by atoms with Gasteiger partial charge in [0.2, 0.25) is 0 Å². The Morgan fingerprint density at radius 1 is 1.29 bits per heavy atom. The minimum Gasteiger partial charge on any atom is -0.369 e. The van der Waals surface area contributed by atoms with E-state index in [-0.39, 0.29) is 5.41 Å². The van der Waals surface area contributed by atoms with Crippen molar-refractivity contribution in [3.63, 3.8) is 0 Å². The molecule has 0 aromatic carbocycles. The quantitative estimate of drug-likeness (QED) is 0.921.